The van der Waals surface area contributed by atoms with Crippen LogP contribution < -0.4 is 0 Å². The maximum Gasteiger partial charge on any atom is 0.317 e. The number of methoxy groups -OCH3 is 1. The number of halogens is 2. The van der Waals surface area contributed by atoms with E-state index in [0.29, 0.717) is 34.1 Å². The van der Waals surface area contributed by atoms with E-state index >= 15 is 0 Å². The number of carbonyl (C=O) groups is 3. The number of carbonyl (C=O) groups excluding carboxylic acids is 2. The van der Waals surface area contributed by atoms with Crippen LogP contribution in [0.25, 0.3) is 0 Å². The summed E-state index contributed by atoms with van der Waals surface area (Å²) >= 11 is 12.3. The van der Waals surface area contributed by atoms with Gasteiger partial charge in [0.15, 0.2) is 0 Å². The highest BCUT2D eigenvalue weighted by Crippen LogP contribution is 2.55. The minimum absolute atomic E-state index is 0.116. The van der Waals surface area contributed by atoms with Crippen molar-refractivity contribution in [3.05, 3.63) is 45.6 Å². The monoisotopic (exact) mass is 453 g/mol. The van der Waals surface area contributed by atoms with Crippen LogP contribution >= 0.6 is 23.2 Å². The third-order valence-electron chi connectivity index (χ3n) is 5.96. The molecule has 1 N–H and O–H groups in total. The number of benzene rings is 1. The molecular formula is C22H25Cl2NO5. The predicted octanol–water partition coefficient (Wildman–Crippen LogP) is 4.68. The minimum atomic E-state index is -1.08. The second-order valence-corrected chi connectivity index (χ2v) is 9.71. The molecule has 0 unspecified atom stereocenters. The molecule has 1 aromatic rings. The van der Waals surface area contributed by atoms with Crippen LogP contribution in [0.3, 0.4) is 0 Å². The molecule has 0 spiro atoms. The second-order valence-electron chi connectivity index (χ2n) is 8.87. The molecular weight excluding hydrogens is 429 g/mol. The number of nitrogens with zero attached hydrogens (tertiary/aromatic N) is 1. The Morgan fingerprint density at radius 2 is 2.00 bits per heavy atom. The largest absolute Gasteiger partial charge is 0.481 e. The Kier molecular flexibility index (Phi) is 6.21. The van der Waals surface area contributed by atoms with Crippen LogP contribution in [0.2, 0.25) is 10.0 Å². The molecule has 0 saturated carbocycles. The third kappa shape index (κ3) is 4.21. The fraction of sp³-hybridized carbons (Fsp3) is 0.500. The maximum atomic E-state index is 13.3. The quantitative estimate of drug-likeness (QED) is 0.654. The summed E-state index contributed by atoms with van der Waals surface area (Å²) in [5, 5.41) is 10.2. The number of carboxylic acid groups (broad SMARTS) is 1. The Labute approximate surface area is 185 Å². The molecule has 1 saturated heterocycles. The van der Waals surface area contributed by atoms with Gasteiger partial charge in [-0.2, -0.15) is 0 Å². The zero-order chi connectivity index (χ0) is 22.3. The van der Waals surface area contributed by atoms with Crippen LogP contribution in [0.4, 0.5) is 0 Å². The molecule has 1 aliphatic heterocycles. The van der Waals surface area contributed by atoms with Crippen molar-refractivity contribution in [3.8, 4) is 0 Å². The molecule has 0 bridgehead atoms. The van der Waals surface area contributed by atoms with Crippen molar-refractivity contribution >= 4 is 41.0 Å². The van der Waals surface area contributed by atoms with E-state index in [-0.39, 0.29) is 30.7 Å². The molecule has 2 aliphatic rings. The van der Waals surface area contributed by atoms with Gasteiger partial charge in [-0.25, -0.2) is 0 Å². The molecule has 3 rings (SSSR count). The number of carboxylic acids is 1. The van der Waals surface area contributed by atoms with E-state index in [1.165, 1.54) is 12.0 Å². The van der Waals surface area contributed by atoms with Crippen LogP contribution in [-0.4, -0.2) is 35.0 Å². The Morgan fingerprint density at radius 3 is 2.60 bits per heavy atom. The van der Waals surface area contributed by atoms with Gasteiger partial charge in [-0.1, -0.05) is 49.2 Å². The van der Waals surface area contributed by atoms with Crippen molar-refractivity contribution in [1.29, 1.82) is 0 Å². The lowest BCUT2D eigenvalue weighted by atomic mass is 9.60. The molecule has 1 aliphatic carbocycles. The van der Waals surface area contributed by atoms with Crippen molar-refractivity contribution in [2.24, 2.45) is 16.7 Å². The lowest BCUT2D eigenvalue weighted by molar-refractivity contribution is -0.163. The fourth-order valence-electron chi connectivity index (χ4n) is 4.75. The van der Waals surface area contributed by atoms with Gasteiger partial charge < -0.3 is 14.7 Å². The number of rotatable bonds is 5. The van der Waals surface area contributed by atoms with Crippen molar-refractivity contribution in [1.82, 2.24) is 4.90 Å². The first-order valence-corrected chi connectivity index (χ1v) is 10.5. The van der Waals surface area contributed by atoms with Crippen molar-refractivity contribution in [3.63, 3.8) is 0 Å². The maximum absolute atomic E-state index is 13.3. The number of ether oxygens (including phenoxy) is 1. The van der Waals surface area contributed by atoms with Gasteiger partial charge in [-0.05, 0) is 42.4 Å². The molecule has 1 aromatic carbocycles. The number of amides is 1. The smallest absolute Gasteiger partial charge is 0.317 e. The van der Waals surface area contributed by atoms with Gasteiger partial charge >= 0.3 is 11.9 Å². The van der Waals surface area contributed by atoms with Crippen molar-refractivity contribution in [2.45, 2.75) is 46.1 Å². The van der Waals surface area contributed by atoms with Crippen LogP contribution in [0, 0.1) is 16.7 Å². The molecule has 30 heavy (non-hydrogen) atoms. The Balaban J connectivity index is 2.12. The van der Waals surface area contributed by atoms with E-state index in [4.69, 9.17) is 27.9 Å². The van der Waals surface area contributed by atoms with E-state index in [9.17, 15) is 19.5 Å². The van der Waals surface area contributed by atoms with E-state index in [0.717, 1.165) is 0 Å². The number of hydrogen-bond donors (Lipinski definition) is 1. The van der Waals surface area contributed by atoms with E-state index in [1.807, 2.05) is 19.9 Å². The van der Waals surface area contributed by atoms with Crippen LogP contribution in [-0.2, 0) is 25.7 Å². The van der Waals surface area contributed by atoms with Gasteiger partial charge in [-0.3, -0.25) is 14.4 Å². The Bertz CT molecular complexity index is 926. The van der Waals surface area contributed by atoms with Gasteiger partial charge in [0.05, 0.1) is 26.0 Å². The Morgan fingerprint density at radius 1 is 1.30 bits per heavy atom. The normalized spacial score (nSPS) is 25.4. The number of hydrogen-bond acceptors (Lipinski definition) is 4. The third-order valence-corrected chi connectivity index (χ3v) is 6.55. The average molecular weight is 454 g/mol. The molecule has 2 atom stereocenters. The molecule has 6 nitrogen and oxygen atoms in total. The minimum Gasteiger partial charge on any atom is -0.481 e. The first-order valence-electron chi connectivity index (χ1n) is 9.75. The number of fused-ring (bicyclic) bond motifs is 1. The summed E-state index contributed by atoms with van der Waals surface area (Å²) in [5.74, 6) is -2.69. The van der Waals surface area contributed by atoms with Crippen molar-refractivity contribution in [2.75, 3.05) is 7.11 Å². The van der Waals surface area contributed by atoms with E-state index < -0.39 is 23.3 Å². The van der Waals surface area contributed by atoms with Crippen LogP contribution in [0.15, 0.2) is 30.0 Å². The second kappa shape index (κ2) is 8.23. The Hall–Kier alpha value is -2.05. The van der Waals surface area contributed by atoms with Gasteiger partial charge in [-0.15, -0.1) is 0 Å². The summed E-state index contributed by atoms with van der Waals surface area (Å²) < 4.78 is 5.16. The SMILES string of the molecule is COC(=O)[C@@]12C[C@H](CC(=O)O)C(=O)N(Cc3ccc(Cl)cc3Cl)C1=CCC(C)(C)C2. The van der Waals surface area contributed by atoms with Gasteiger partial charge in [0.1, 0.15) is 5.41 Å². The van der Waals surface area contributed by atoms with Crippen LogP contribution in [0.1, 0.15) is 45.1 Å². The summed E-state index contributed by atoms with van der Waals surface area (Å²) in [6, 6.07) is 5.00. The first-order chi connectivity index (χ1) is 14.0. The average Bonchev–Trinajstić information content (AvgIpc) is 2.65. The molecule has 0 radical (unpaired) electrons. The number of likely N-dealkylation sites (tertiary alicyclic amines) is 1. The summed E-state index contributed by atoms with van der Waals surface area (Å²) in [6.07, 6.45) is 2.83. The number of aliphatic carboxylic acids is 1. The van der Waals surface area contributed by atoms with Crippen molar-refractivity contribution < 1.29 is 24.2 Å². The number of esters is 1. The first kappa shape index (κ1) is 22.6. The topological polar surface area (TPSA) is 83.9 Å². The van der Waals surface area contributed by atoms with E-state index in [2.05, 4.69) is 0 Å². The predicted molar refractivity (Wildman–Crippen MR) is 113 cm³/mol. The lowest BCUT2D eigenvalue weighted by Gasteiger charge is -2.51. The molecule has 0 aromatic heterocycles. The summed E-state index contributed by atoms with van der Waals surface area (Å²) in [5.41, 5.74) is -0.0417. The standard InChI is InChI=1S/C22H25Cl2NO5/c1-21(2)7-6-17-22(12-21,20(29)30-3)10-14(8-18(26)27)19(28)25(17)11-13-4-5-15(23)9-16(13)24/h4-6,9,14H,7-8,10-12H2,1-3H3,(H,26,27)/t14-,22+/m0/s1. The summed E-state index contributed by atoms with van der Waals surface area (Å²) in [4.78, 5) is 39.4. The lowest BCUT2D eigenvalue weighted by Crippen LogP contribution is -2.55. The van der Waals surface area contributed by atoms with E-state index in [1.54, 1.807) is 18.2 Å². The van der Waals surface area contributed by atoms with Crippen LogP contribution in [0.5, 0.6) is 0 Å². The summed E-state index contributed by atoms with van der Waals surface area (Å²) in [7, 11) is 1.32. The molecule has 1 amide bonds. The molecule has 8 heteroatoms. The van der Waals surface area contributed by atoms with Gasteiger partial charge in [0, 0.05) is 15.7 Å². The molecule has 1 fully saturated rings. The highest BCUT2D eigenvalue weighted by Gasteiger charge is 2.57. The summed E-state index contributed by atoms with van der Waals surface area (Å²) in [6.45, 7) is 4.22. The highest BCUT2D eigenvalue weighted by atomic mass is 35.5. The van der Waals surface area contributed by atoms with Gasteiger partial charge in [0.25, 0.3) is 0 Å². The zero-order valence-electron chi connectivity index (χ0n) is 17.2. The number of allylic oxidation sites excluding steroid dienone is 1. The zero-order valence-corrected chi connectivity index (χ0v) is 18.7. The molecule has 1 heterocycles. The fourth-order valence-corrected chi connectivity index (χ4v) is 5.22. The highest BCUT2D eigenvalue weighted by molar-refractivity contribution is 6.35. The number of piperidine rings is 1. The van der Waals surface area contributed by atoms with Gasteiger partial charge in [0.2, 0.25) is 5.91 Å². The molecule has 162 valence electrons.